The second-order valence-corrected chi connectivity index (χ2v) is 9.08. The smallest absolute Gasteiger partial charge is 0.258 e. The largest absolute Gasteiger partial charge is 0.341 e. The minimum atomic E-state index is -0.0827. The molecule has 0 radical (unpaired) electrons. The molecule has 0 spiro atoms. The molecular weight excluding hydrogens is 398 g/mol. The molecule has 1 aliphatic carbocycles. The summed E-state index contributed by atoms with van der Waals surface area (Å²) in [6.45, 7) is 1.35. The minimum Gasteiger partial charge on any atom is -0.341 e. The van der Waals surface area contributed by atoms with Crippen molar-refractivity contribution in [1.82, 2.24) is 24.4 Å². The van der Waals surface area contributed by atoms with Gasteiger partial charge in [0.1, 0.15) is 0 Å². The van der Waals surface area contributed by atoms with Crippen LogP contribution in [0.4, 0.5) is 0 Å². The van der Waals surface area contributed by atoms with Gasteiger partial charge in [0.25, 0.3) is 5.56 Å². The van der Waals surface area contributed by atoms with Crippen molar-refractivity contribution < 1.29 is 9.32 Å². The maximum atomic E-state index is 12.5. The minimum absolute atomic E-state index is 0.0827. The highest BCUT2D eigenvalue weighted by Gasteiger charge is 2.34. The molecule has 3 aromatic rings. The van der Waals surface area contributed by atoms with E-state index in [2.05, 4.69) is 15.1 Å². The molecule has 1 saturated heterocycles. The first-order valence-corrected chi connectivity index (χ1v) is 11.4. The lowest BCUT2D eigenvalue weighted by atomic mass is 10.1. The van der Waals surface area contributed by atoms with Crippen molar-refractivity contribution >= 4 is 34.0 Å². The van der Waals surface area contributed by atoms with Gasteiger partial charge in [-0.25, -0.2) is 4.98 Å². The van der Waals surface area contributed by atoms with E-state index < -0.39 is 0 Å². The summed E-state index contributed by atoms with van der Waals surface area (Å²) in [5, 5.41) is 5.91. The van der Waals surface area contributed by atoms with Crippen LogP contribution in [0.25, 0.3) is 4.96 Å². The molecule has 0 unspecified atom stereocenters. The summed E-state index contributed by atoms with van der Waals surface area (Å²) in [4.78, 5) is 36.1. The van der Waals surface area contributed by atoms with Crippen molar-refractivity contribution in [1.29, 1.82) is 0 Å². The highest BCUT2D eigenvalue weighted by Crippen LogP contribution is 2.39. The maximum Gasteiger partial charge on any atom is 0.258 e. The third-order valence-electron chi connectivity index (χ3n) is 5.12. The number of aromatic nitrogens is 4. The van der Waals surface area contributed by atoms with E-state index in [0.717, 1.165) is 25.1 Å². The fourth-order valence-corrected chi connectivity index (χ4v) is 4.96. The SMILES string of the molecule is O=C(CSCc1cc(=O)n2ccsc2n1)N1CC[C@H](c2nc(C3CC3)no2)C1. The average Bonchev–Trinajstić information content (AvgIpc) is 3.11. The van der Waals surface area contributed by atoms with E-state index in [-0.39, 0.29) is 17.4 Å². The Labute approximate surface area is 169 Å². The van der Waals surface area contributed by atoms with Crippen LogP contribution in [0, 0.1) is 0 Å². The first kappa shape index (κ1) is 17.9. The number of nitrogens with zero attached hydrogens (tertiary/aromatic N) is 5. The van der Waals surface area contributed by atoms with Gasteiger partial charge in [0.05, 0.1) is 17.4 Å². The number of amides is 1. The molecule has 10 heteroatoms. The van der Waals surface area contributed by atoms with Gasteiger partial charge >= 0.3 is 0 Å². The van der Waals surface area contributed by atoms with E-state index in [1.807, 2.05) is 10.3 Å². The molecule has 146 valence electrons. The summed E-state index contributed by atoms with van der Waals surface area (Å²) in [6.07, 6.45) is 4.87. The van der Waals surface area contributed by atoms with E-state index in [9.17, 15) is 9.59 Å². The molecule has 3 aromatic heterocycles. The Morgan fingerprint density at radius 1 is 1.29 bits per heavy atom. The van der Waals surface area contributed by atoms with Crippen LogP contribution in [0.15, 0.2) is 27.0 Å². The van der Waals surface area contributed by atoms with Gasteiger partial charge in [-0.1, -0.05) is 5.16 Å². The van der Waals surface area contributed by atoms with Crippen LogP contribution >= 0.6 is 23.1 Å². The zero-order valence-electron chi connectivity index (χ0n) is 15.1. The van der Waals surface area contributed by atoms with Crippen LogP contribution in [0.1, 0.15) is 48.5 Å². The van der Waals surface area contributed by atoms with Crippen LogP contribution in [-0.2, 0) is 10.5 Å². The Kier molecular flexibility index (Phi) is 4.67. The quantitative estimate of drug-likeness (QED) is 0.607. The zero-order chi connectivity index (χ0) is 19.1. The fourth-order valence-electron chi connectivity index (χ4n) is 3.40. The van der Waals surface area contributed by atoms with Gasteiger partial charge in [-0.15, -0.1) is 23.1 Å². The van der Waals surface area contributed by atoms with Crippen molar-refractivity contribution in [3.05, 3.63) is 45.4 Å². The molecule has 4 heterocycles. The van der Waals surface area contributed by atoms with E-state index in [1.165, 1.54) is 33.6 Å². The monoisotopic (exact) mass is 417 g/mol. The van der Waals surface area contributed by atoms with Gasteiger partial charge in [-0.3, -0.25) is 14.0 Å². The molecule has 0 bridgehead atoms. The molecule has 28 heavy (non-hydrogen) atoms. The normalized spacial score (nSPS) is 19.6. The van der Waals surface area contributed by atoms with Crippen LogP contribution in [0.5, 0.6) is 0 Å². The number of thioether (sulfide) groups is 1. The highest BCUT2D eigenvalue weighted by molar-refractivity contribution is 7.99. The fraction of sp³-hybridized carbons (Fsp3) is 0.500. The van der Waals surface area contributed by atoms with Gasteiger partial charge < -0.3 is 9.42 Å². The van der Waals surface area contributed by atoms with E-state index in [0.29, 0.717) is 47.1 Å². The number of carbonyl (C=O) groups is 1. The number of carbonyl (C=O) groups excluding carboxylic acids is 1. The van der Waals surface area contributed by atoms with Crippen LogP contribution in [0.2, 0.25) is 0 Å². The predicted octanol–water partition coefficient (Wildman–Crippen LogP) is 2.27. The lowest BCUT2D eigenvalue weighted by Crippen LogP contribution is -2.30. The average molecular weight is 418 g/mol. The summed E-state index contributed by atoms with van der Waals surface area (Å²) in [5.41, 5.74) is 0.628. The topological polar surface area (TPSA) is 93.6 Å². The Hall–Kier alpha value is -2.20. The molecular formula is C18H19N5O3S2. The number of hydrogen-bond donors (Lipinski definition) is 0. The third kappa shape index (κ3) is 3.58. The van der Waals surface area contributed by atoms with Crippen molar-refractivity contribution in [2.24, 2.45) is 0 Å². The molecule has 0 aromatic carbocycles. The van der Waals surface area contributed by atoms with E-state index in [1.54, 1.807) is 6.20 Å². The molecule has 0 N–H and O–H groups in total. The molecule has 2 fully saturated rings. The van der Waals surface area contributed by atoms with Crippen LogP contribution < -0.4 is 5.56 Å². The standard InChI is InChI=1S/C18H19N5O3S2/c24-14-7-13(19-18-23(14)5-6-28-18)9-27-10-15(25)22-4-3-12(8-22)17-20-16(21-26-17)11-1-2-11/h5-7,11-12H,1-4,8-10H2/t12-/m0/s1. The van der Waals surface area contributed by atoms with Crippen molar-refractivity contribution in [3.63, 3.8) is 0 Å². The first-order chi connectivity index (χ1) is 13.7. The number of rotatable bonds is 6. The maximum absolute atomic E-state index is 12.5. The van der Waals surface area contributed by atoms with Crippen LogP contribution in [-0.4, -0.2) is 49.2 Å². The Bertz CT molecular complexity index is 1070. The molecule has 1 saturated carbocycles. The van der Waals surface area contributed by atoms with Crippen molar-refractivity contribution in [2.75, 3.05) is 18.8 Å². The summed E-state index contributed by atoms with van der Waals surface area (Å²) in [5.74, 6) is 3.11. The Morgan fingerprint density at radius 3 is 3.04 bits per heavy atom. The van der Waals surface area contributed by atoms with Crippen LogP contribution in [0.3, 0.4) is 0 Å². The number of hydrogen-bond acceptors (Lipinski definition) is 8. The summed E-state index contributed by atoms with van der Waals surface area (Å²) < 4.78 is 6.94. The van der Waals surface area contributed by atoms with Gasteiger partial charge in [-0.2, -0.15) is 4.98 Å². The van der Waals surface area contributed by atoms with Crippen molar-refractivity contribution in [3.8, 4) is 0 Å². The lowest BCUT2D eigenvalue weighted by molar-refractivity contribution is -0.127. The predicted molar refractivity (Wildman–Crippen MR) is 106 cm³/mol. The second kappa shape index (κ2) is 7.32. The molecule has 5 rings (SSSR count). The number of fused-ring (bicyclic) bond motifs is 1. The Morgan fingerprint density at radius 2 is 2.18 bits per heavy atom. The summed E-state index contributed by atoms with van der Waals surface area (Å²) >= 11 is 2.91. The Balaban J connectivity index is 1.14. The zero-order valence-corrected chi connectivity index (χ0v) is 16.7. The first-order valence-electron chi connectivity index (χ1n) is 9.32. The van der Waals surface area contributed by atoms with Gasteiger partial charge in [0.15, 0.2) is 10.8 Å². The highest BCUT2D eigenvalue weighted by atomic mass is 32.2. The van der Waals surface area contributed by atoms with Crippen molar-refractivity contribution in [2.45, 2.75) is 36.9 Å². The van der Waals surface area contributed by atoms with E-state index >= 15 is 0 Å². The van der Waals surface area contributed by atoms with Gasteiger partial charge in [0.2, 0.25) is 11.8 Å². The van der Waals surface area contributed by atoms with Gasteiger partial charge in [0, 0.05) is 42.4 Å². The summed E-state index contributed by atoms with van der Waals surface area (Å²) in [6, 6.07) is 1.54. The lowest BCUT2D eigenvalue weighted by Gasteiger charge is -2.15. The summed E-state index contributed by atoms with van der Waals surface area (Å²) in [7, 11) is 0. The number of thiazole rings is 1. The van der Waals surface area contributed by atoms with E-state index in [4.69, 9.17) is 4.52 Å². The third-order valence-corrected chi connectivity index (χ3v) is 6.83. The molecule has 1 aliphatic heterocycles. The van der Waals surface area contributed by atoms with Gasteiger partial charge in [-0.05, 0) is 19.3 Å². The molecule has 2 aliphatic rings. The number of likely N-dealkylation sites (tertiary alicyclic amines) is 1. The molecule has 1 amide bonds. The molecule has 1 atom stereocenters. The molecule has 8 nitrogen and oxygen atoms in total. The second-order valence-electron chi connectivity index (χ2n) is 7.22.